The topological polar surface area (TPSA) is 30.9 Å². The van der Waals surface area contributed by atoms with E-state index in [1.165, 1.54) is 11.1 Å². The molecule has 31 heavy (non-hydrogen) atoms. The van der Waals surface area contributed by atoms with Crippen molar-refractivity contribution in [3.8, 4) is 11.5 Å². The molecule has 0 radical (unpaired) electrons. The first-order valence-electron chi connectivity index (χ1n) is 10.6. The minimum atomic E-state index is 0.0702. The molecular formula is C26H29NO3S. The van der Waals surface area contributed by atoms with Crippen molar-refractivity contribution in [1.29, 1.82) is 0 Å². The van der Waals surface area contributed by atoms with Crippen LogP contribution in [0.15, 0.2) is 83.8 Å². The van der Waals surface area contributed by atoms with Gasteiger partial charge in [0.15, 0.2) is 0 Å². The molecule has 3 aromatic rings. The van der Waals surface area contributed by atoms with E-state index in [0.29, 0.717) is 0 Å². The molecule has 1 aliphatic rings. The van der Waals surface area contributed by atoms with Gasteiger partial charge in [-0.25, -0.2) is 0 Å². The molecule has 0 bridgehead atoms. The Bertz CT molecular complexity index is 948. The number of methoxy groups -OCH3 is 2. The van der Waals surface area contributed by atoms with Crippen LogP contribution in [0.5, 0.6) is 11.5 Å². The summed E-state index contributed by atoms with van der Waals surface area (Å²) >= 11 is 1.80. The first kappa shape index (κ1) is 21.8. The van der Waals surface area contributed by atoms with E-state index in [4.69, 9.17) is 14.2 Å². The molecule has 3 aromatic carbocycles. The van der Waals surface area contributed by atoms with E-state index in [1.54, 1.807) is 26.0 Å². The van der Waals surface area contributed by atoms with Crippen molar-refractivity contribution in [3.63, 3.8) is 0 Å². The third kappa shape index (κ3) is 5.62. The number of para-hydroxylation sites is 1. The summed E-state index contributed by atoms with van der Waals surface area (Å²) in [7, 11) is 3.42. The number of rotatable bonds is 8. The molecule has 5 heteroatoms. The Morgan fingerprint density at radius 3 is 2.42 bits per heavy atom. The fraction of sp³-hybridized carbons (Fsp3) is 0.308. The molecule has 1 fully saturated rings. The van der Waals surface area contributed by atoms with Crippen LogP contribution in [0, 0.1) is 0 Å². The molecule has 0 aromatic heterocycles. The number of ether oxygens (including phenoxy) is 3. The van der Waals surface area contributed by atoms with E-state index >= 15 is 0 Å². The second kappa shape index (κ2) is 10.7. The van der Waals surface area contributed by atoms with Crippen LogP contribution in [-0.2, 0) is 11.3 Å². The Kier molecular flexibility index (Phi) is 7.52. The van der Waals surface area contributed by atoms with E-state index in [0.717, 1.165) is 42.6 Å². The van der Waals surface area contributed by atoms with Gasteiger partial charge < -0.3 is 14.2 Å². The summed E-state index contributed by atoms with van der Waals surface area (Å²) in [4.78, 5) is 3.61. The molecule has 0 saturated carbocycles. The van der Waals surface area contributed by atoms with Gasteiger partial charge in [-0.2, -0.15) is 0 Å². The maximum Gasteiger partial charge on any atom is 0.132 e. The number of nitrogens with zero attached hydrogens (tertiary/aromatic N) is 1. The molecule has 1 heterocycles. The Balaban J connectivity index is 1.58. The highest BCUT2D eigenvalue weighted by atomic mass is 32.2. The van der Waals surface area contributed by atoms with E-state index in [-0.39, 0.29) is 11.4 Å². The number of hydrogen-bond donors (Lipinski definition) is 0. The van der Waals surface area contributed by atoms with Crippen LogP contribution < -0.4 is 9.47 Å². The summed E-state index contributed by atoms with van der Waals surface area (Å²) in [6.07, 6.45) is 0.0702. The maximum atomic E-state index is 6.33. The normalized spacial score (nSPS) is 17.8. The summed E-state index contributed by atoms with van der Waals surface area (Å²) < 4.78 is 17.3. The minimum Gasteiger partial charge on any atom is -0.497 e. The zero-order valence-electron chi connectivity index (χ0n) is 18.1. The van der Waals surface area contributed by atoms with Crippen LogP contribution in [-0.4, -0.2) is 44.9 Å². The van der Waals surface area contributed by atoms with Gasteiger partial charge in [0.25, 0.3) is 0 Å². The lowest BCUT2D eigenvalue weighted by molar-refractivity contribution is -0.0319. The molecule has 2 atom stereocenters. The van der Waals surface area contributed by atoms with E-state index in [1.807, 2.05) is 24.3 Å². The first-order chi connectivity index (χ1) is 15.3. The highest BCUT2D eigenvalue weighted by Gasteiger charge is 2.31. The van der Waals surface area contributed by atoms with Crippen LogP contribution in [0.3, 0.4) is 0 Å². The highest BCUT2D eigenvalue weighted by Crippen LogP contribution is 2.43. The zero-order chi connectivity index (χ0) is 21.5. The van der Waals surface area contributed by atoms with E-state index < -0.39 is 0 Å². The summed E-state index contributed by atoms with van der Waals surface area (Å²) in [5, 5.41) is 0.140. The average Bonchev–Trinajstić information content (AvgIpc) is 2.84. The van der Waals surface area contributed by atoms with Crippen molar-refractivity contribution in [3.05, 3.63) is 90.0 Å². The molecule has 4 nitrogen and oxygen atoms in total. The van der Waals surface area contributed by atoms with E-state index in [9.17, 15) is 0 Å². The van der Waals surface area contributed by atoms with Gasteiger partial charge in [0.2, 0.25) is 0 Å². The zero-order valence-corrected chi connectivity index (χ0v) is 18.9. The lowest BCUT2D eigenvalue weighted by Gasteiger charge is -2.37. The predicted octanol–water partition coefficient (Wildman–Crippen LogP) is 5.44. The minimum absolute atomic E-state index is 0.0702. The summed E-state index contributed by atoms with van der Waals surface area (Å²) in [5.41, 5.74) is 2.56. The van der Waals surface area contributed by atoms with Crippen molar-refractivity contribution < 1.29 is 14.2 Å². The average molecular weight is 436 g/mol. The summed E-state index contributed by atoms with van der Waals surface area (Å²) in [6, 6.07) is 27.2. The number of benzene rings is 3. The summed E-state index contributed by atoms with van der Waals surface area (Å²) in [5.74, 6) is 1.75. The van der Waals surface area contributed by atoms with Gasteiger partial charge in [0, 0.05) is 19.6 Å². The molecule has 0 N–H and O–H groups in total. The van der Waals surface area contributed by atoms with Crippen LogP contribution in [0.2, 0.25) is 0 Å². The van der Waals surface area contributed by atoms with Crippen molar-refractivity contribution in [1.82, 2.24) is 4.90 Å². The molecule has 4 rings (SSSR count). The SMILES string of the molecule is COc1ccc(C(Sc2ccccc2OC)[C@H]2CN(Cc3ccccc3)CCO2)cc1. The Labute approximate surface area is 189 Å². The molecule has 0 amide bonds. The van der Waals surface area contributed by atoms with Crippen molar-refractivity contribution in [2.75, 3.05) is 33.9 Å². The largest absolute Gasteiger partial charge is 0.497 e. The monoisotopic (exact) mass is 435 g/mol. The van der Waals surface area contributed by atoms with Gasteiger partial charge >= 0.3 is 0 Å². The number of hydrogen-bond acceptors (Lipinski definition) is 5. The second-order valence-electron chi connectivity index (χ2n) is 7.59. The lowest BCUT2D eigenvalue weighted by atomic mass is 10.0. The van der Waals surface area contributed by atoms with Gasteiger partial charge in [0.1, 0.15) is 11.5 Å². The highest BCUT2D eigenvalue weighted by molar-refractivity contribution is 7.99. The van der Waals surface area contributed by atoms with Crippen molar-refractivity contribution in [2.24, 2.45) is 0 Å². The Hall–Kier alpha value is -2.47. The van der Waals surface area contributed by atoms with Gasteiger partial charge in [-0.05, 0) is 35.4 Å². The van der Waals surface area contributed by atoms with Crippen LogP contribution in [0.25, 0.3) is 0 Å². The molecule has 1 unspecified atom stereocenters. The third-order valence-electron chi connectivity index (χ3n) is 5.53. The smallest absolute Gasteiger partial charge is 0.132 e. The predicted molar refractivity (Wildman–Crippen MR) is 126 cm³/mol. The summed E-state index contributed by atoms with van der Waals surface area (Å²) in [6.45, 7) is 3.50. The Morgan fingerprint density at radius 1 is 0.935 bits per heavy atom. The van der Waals surface area contributed by atoms with Gasteiger partial charge in [0.05, 0.1) is 37.1 Å². The standard InChI is InChI=1S/C26H29NO3S/c1-28-22-14-12-21(13-15-22)26(31-25-11-7-6-10-23(25)29-2)24-19-27(16-17-30-24)18-20-8-4-3-5-9-20/h3-15,24,26H,16-19H2,1-2H3/t24-,26?/m1/s1. The van der Waals surface area contributed by atoms with E-state index in [2.05, 4.69) is 59.5 Å². The quantitative estimate of drug-likeness (QED) is 0.440. The van der Waals surface area contributed by atoms with Gasteiger partial charge in [-0.15, -0.1) is 11.8 Å². The third-order valence-corrected chi connectivity index (χ3v) is 6.95. The van der Waals surface area contributed by atoms with Crippen LogP contribution >= 0.6 is 11.8 Å². The second-order valence-corrected chi connectivity index (χ2v) is 8.78. The molecule has 0 aliphatic carbocycles. The van der Waals surface area contributed by atoms with Crippen molar-refractivity contribution >= 4 is 11.8 Å². The van der Waals surface area contributed by atoms with Gasteiger partial charge in [-0.3, -0.25) is 4.90 Å². The lowest BCUT2D eigenvalue weighted by Crippen LogP contribution is -2.44. The first-order valence-corrected chi connectivity index (χ1v) is 11.5. The van der Waals surface area contributed by atoms with Gasteiger partial charge in [-0.1, -0.05) is 54.6 Å². The fourth-order valence-electron chi connectivity index (χ4n) is 3.91. The molecule has 1 saturated heterocycles. The number of thioether (sulfide) groups is 1. The Morgan fingerprint density at radius 2 is 1.68 bits per heavy atom. The molecule has 162 valence electrons. The maximum absolute atomic E-state index is 6.33. The molecule has 0 spiro atoms. The number of morpholine rings is 1. The fourth-order valence-corrected chi connectivity index (χ4v) is 5.21. The van der Waals surface area contributed by atoms with Crippen molar-refractivity contribution in [2.45, 2.75) is 22.8 Å². The van der Waals surface area contributed by atoms with Crippen LogP contribution in [0.4, 0.5) is 0 Å². The molecule has 1 aliphatic heterocycles. The molecular weight excluding hydrogens is 406 g/mol. The van der Waals surface area contributed by atoms with Crippen LogP contribution in [0.1, 0.15) is 16.4 Å².